The maximum atomic E-state index is 12.0. The Balaban J connectivity index is 1.80. The molecule has 0 radical (unpaired) electrons. The van der Waals surface area contributed by atoms with E-state index in [0.717, 1.165) is 22.0 Å². The van der Waals surface area contributed by atoms with Crippen molar-refractivity contribution >= 4 is 17.7 Å². The van der Waals surface area contributed by atoms with Gasteiger partial charge in [-0.15, -0.1) is 11.8 Å². The van der Waals surface area contributed by atoms with Gasteiger partial charge >= 0.3 is 0 Å². The second-order valence-corrected chi connectivity index (χ2v) is 7.32. The average Bonchev–Trinajstić information content (AvgIpc) is 3.00. The minimum Gasteiger partial charge on any atom is -0.497 e. The number of carbonyl (C=O) groups excluding carboxylic acids is 1. The van der Waals surface area contributed by atoms with Gasteiger partial charge in [0.25, 0.3) is 0 Å². The molecule has 5 nitrogen and oxygen atoms in total. The highest BCUT2D eigenvalue weighted by Crippen LogP contribution is 2.22. The van der Waals surface area contributed by atoms with Gasteiger partial charge in [-0.05, 0) is 24.3 Å². The molecule has 2 aromatic rings. The first-order valence-electron chi connectivity index (χ1n) is 7.47. The zero-order valence-corrected chi connectivity index (χ0v) is 14.8. The summed E-state index contributed by atoms with van der Waals surface area (Å²) in [5.41, 5.74) is 1.91. The van der Waals surface area contributed by atoms with Crippen molar-refractivity contribution in [2.75, 3.05) is 12.9 Å². The Morgan fingerprint density at radius 2 is 2.13 bits per heavy atom. The number of aromatic amines is 1. The number of rotatable bonds is 6. The summed E-state index contributed by atoms with van der Waals surface area (Å²) >= 11 is 1.48. The summed E-state index contributed by atoms with van der Waals surface area (Å²) < 4.78 is 5.17. The highest BCUT2D eigenvalue weighted by molar-refractivity contribution is 8.00. The van der Waals surface area contributed by atoms with Crippen molar-refractivity contribution in [1.29, 1.82) is 0 Å². The van der Waals surface area contributed by atoms with E-state index < -0.39 is 0 Å². The Bertz CT molecular complexity index is 662. The second kappa shape index (κ2) is 7.55. The zero-order valence-electron chi connectivity index (χ0n) is 14.0. The molecule has 6 heteroatoms. The molecule has 0 fully saturated rings. The van der Waals surface area contributed by atoms with Crippen LogP contribution in [-0.4, -0.2) is 29.0 Å². The predicted octanol–water partition coefficient (Wildman–Crippen LogP) is 3.12. The molecule has 0 aliphatic heterocycles. The third kappa shape index (κ3) is 5.32. The van der Waals surface area contributed by atoms with E-state index in [1.165, 1.54) is 11.8 Å². The monoisotopic (exact) mass is 333 g/mol. The fourth-order valence-electron chi connectivity index (χ4n) is 1.92. The number of benzene rings is 1. The summed E-state index contributed by atoms with van der Waals surface area (Å²) in [6, 6.07) is 9.68. The number of thioether (sulfide) groups is 1. The van der Waals surface area contributed by atoms with Gasteiger partial charge in [-0.2, -0.15) is 5.10 Å². The molecular weight excluding hydrogens is 310 g/mol. The Kier molecular flexibility index (Phi) is 5.71. The third-order valence-electron chi connectivity index (χ3n) is 3.29. The van der Waals surface area contributed by atoms with Gasteiger partial charge in [-0.25, -0.2) is 0 Å². The lowest BCUT2D eigenvalue weighted by molar-refractivity contribution is -0.118. The lowest BCUT2D eigenvalue weighted by Crippen LogP contribution is -2.24. The van der Waals surface area contributed by atoms with Gasteiger partial charge < -0.3 is 10.1 Å². The molecule has 1 aromatic carbocycles. The number of carbonyl (C=O) groups is 1. The van der Waals surface area contributed by atoms with E-state index >= 15 is 0 Å². The first-order chi connectivity index (χ1) is 10.9. The lowest BCUT2D eigenvalue weighted by Gasteiger charge is -2.13. The Morgan fingerprint density at radius 3 is 2.78 bits per heavy atom. The van der Waals surface area contributed by atoms with E-state index in [0.29, 0.717) is 12.3 Å². The van der Waals surface area contributed by atoms with Crippen molar-refractivity contribution < 1.29 is 9.53 Å². The number of H-pyrrole nitrogens is 1. The normalized spacial score (nSPS) is 11.3. The molecule has 0 aliphatic carbocycles. The SMILES string of the molecule is COc1cccc(SCC(=O)NCc2cc(C(C)(C)C)n[nH]2)c1. The first kappa shape index (κ1) is 17.4. The number of ether oxygens (including phenoxy) is 1. The van der Waals surface area contributed by atoms with Crippen LogP contribution in [0.5, 0.6) is 5.75 Å². The van der Waals surface area contributed by atoms with E-state index in [4.69, 9.17) is 4.74 Å². The van der Waals surface area contributed by atoms with Crippen LogP contribution in [0.2, 0.25) is 0 Å². The van der Waals surface area contributed by atoms with E-state index in [-0.39, 0.29) is 11.3 Å². The Hall–Kier alpha value is -1.95. The van der Waals surface area contributed by atoms with Crippen LogP contribution >= 0.6 is 11.8 Å². The molecule has 0 bridgehead atoms. The molecule has 124 valence electrons. The standard InChI is InChI=1S/C17H23N3O2S/c1-17(2,3)15-8-12(19-20-15)10-18-16(21)11-23-14-7-5-6-13(9-14)22-4/h5-9H,10-11H2,1-4H3,(H,18,21)(H,19,20). The lowest BCUT2D eigenvalue weighted by atomic mass is 9.92. The molecule has 23 heavy (non-hydrogen) atoms. The van der Waals surface area contributed by atoms with Gasteiger partial charge in [0, 0.05) is 10.3 Å². The van der Waals surface area contributed by atoms with Crippen LogP contribution in [0.1, 0.15) is 32.2 Å². The third-order valence-corrected chi connectivity index (χ3v) is 4.28. The van der Waals surface area contributed by atoms with Gasteiger partial charge in [0.2, 0.25) is 5.91 Å². The Labute approximate surface area is 141 Å². The fraction of sp³-hybridized carbons (Fsp3) is 0.412. The largest absolute Gasteiger partial charge is 0.497 e. The smallest absolute Gasteiger partial charge is 0.230 e. The van der Waals surface area contributed by atoms with Crippen molar-refractivity contribution in [1.82, 2.24) is 15.5 Å². The van der Waals surface area contributed by atoms with Crippen molar-refractivity contribution in [2.24, 2.45) is 0 Å². The zero-order chi connectivity index (χ0) is 16.9. The molecule has 0 atom stereocenters. The molecule has 2 rings (SSSR count). The van der Waals surface area contributed by atoms with Gasteiger partial charge in [-0.1, -0.05) is 26.8 Å². The molecule has 0 unspecified atom stereocenters. The van der Waals surface area contributed by atoms with Crippen LogP contribution in [0.3, 0.4) is 0 Å². The van der Waals surface area contributed by atoms with E-state index in [1.807, 2.05) is 30.3 Å². The number of amides is 1. The topological polar surface area (TPSA) is 67.0 Å². The summed E-state index contributed by atoms with van der Waals surface area (Å²) in [6.07, 6.45) is 0. The molecule has 1 amide bonds. The molecule has 0 spiro atoms. The minimum absolute atomic E-state index is 0.000968. The molecule has 0 aliphatic rings. The van der Waals surface area contributed by atoms with Crippen molar-refractivity contribution in [2.45, 2.75) is 37.6 Å². The van der Waals surface area contributed by atoms with Gasteiger partial charge in [0.15, 0.2) is 0 Å². The average molecular weight is 333 g/mol. The molecular formula is C17H23N3O2S. The summed E-state index contributed by atoms with van der Waals surface area (Å²) in [7, 11) is 1.63. The summed E-state index contributed by atoms with van der Waals surface area (Å²) in [4.78, 5) is 13.0. The van der Waals surface area contributed by atoms with Crippen LogP contribution < -0.4 is 10.1 Å². The minimum atomic E-state index is -0.00951. The van der Waals surface area contributed by atoms with Crippen LogP contribution in [0, 0.1) is 0 Å². The van der Waals surface area contributed by atoms with Crippen LogP contribution in [-0.2, 0) is 16.8 Å². The maximum Gasteiger partial charge on any atom is 0.230 e. The van der Waals surface area contributed by atoms with Crippen molar-refractivity contribution in [3.8, 4) is 5.75 Å². The Morgan fingerprint density at radius 1 is 1.35 bits per heavy atom. The second-order valence-electron chi connectivity index (χ2n) is 6.27. The highest BCUT2D eigenvalue weighted by atomic mass is 32.2. The van der Waals surface area contributed by atoms with Gasteiger partial charge in [0.1, 0.15) is 5.75 Å². The first-order valence-corrected chi connectivity index (χ1v) is 8.45. The summed E-state index contributed by atoms with van der Waals surface area (Å²) in [6.45, 7) is 6.78. The summed E-state index contributed by atoms with van der Waals surface area (Å²) in [5, 5.41) is 10.2. The summed E-state index contributed by atoms with van der Waals surface area (Å²) in [5.74, 6) is 1.15. The molecule has 0 saturated heterocycles. The number of hydrogen-bond acceptors (Lipinski definition) is 4. The van der Waals surface area contributed by atoms with E-state index in [1.54, 1.807) is 7.11 Å². The number of nitrogens with one attached hydrogen (secondary N) is 2. The number of methoxy groups -OCH3 is 1. The van der Waals surface area contributed by atoms with Crippen LogP contribution in [0.15, 0.2) is 35.2 Å². The quantitative estimate of drug-likeness (QED) is 0.797. The molecule has 1 heterocycles. The van der Waals surface area contributed by atoms with Crippen molar-refractivity contribution in [3.05, 3.63) is 41.7 Å². The number of hydrogen-bond donors (Lipinski definition) is 2. The van der Waals surface area contributed by atoms with E-state index in [9.17, 15) is 4.79 Å². The maximum absolute atomic E-state index is 12.0. The molecule has 1 aromatic heterocycles. The van der Waals surface area contributed by atoms with Gasteiger partial charge in [0.05, 0.1) is 30.8 Å². The highest BCUT2D eigenvalue weighted by Gasteiger charge is 2.17. The van der Waals surface area contributed by atoms with Gasteiger partial charge in [-0.3, -0.25) is 9.89 Å². The predicted molar refractivity (Wildman–Crippen MR) is 92.9 cm³/mol. The number of aromatic nitrogens is 2. The van der Waals surface area contributed by atoms with Crippen LogP contribution in [0.25, 0.3) is 0 Å². The van der Waals surface area contributed by atoms with E-state index in [2.05, 4.69) is 36.3 Å². The molecule has 0 saturated carbocycles. The fourth-order valence-corrected chi connectivity index (χ4v) is 2.70. The van der Waals surface area contributed by atoms with Crippen molar-refractivity contribution in [3.63, 3.8) is 0 Å². The number of nitrogens with zero attached hydrogens (tertiary/aromatic N) is 1. The van der Waals surface area contributed by atoms with Crippen LogP contribution in [0.4, 0.5) is 0 Å². The molecule has 2 N–H and O–H groups in total.